The van der Waals surface area contributed by atoms with Crippen molar-refractivity contribution in [3.8, 4) is 0 Å². The number of carbonyl (C=O) groups excluding carboxylic acids is 1. The molecule has 4 rings (SSSR count). The zero-order valence-electron chi connectivity index (χ0n) is 14.8. The number of carbonyl (C=O) groups is 2. The van der Waals surface area contributed by atoms with Crippen molar-refractivity contribution in [1.29, 1.82) is 0 Å². The van der Waals surface area contributed by atoms with Gasteiger partial charge in [-0.2, -0.15) is 5.10 Å². The van der Waals surface area contributed by atoms with Crippen LogP contribution in [0.4, 0.5) is 0 Å². The van der Waals surface area contributed by atoms with Gasteiger partial charge >= 0.3 is 5.97 Å². The monoisotopic (exact) mass is 364 g/mol. The molecular formula is C20H20N4O3. The van der Waals surface area contributed by atoms with Crippen LogP contribution in [0.3, 0.4) is 0 Å². The normalized spacial score (nSPS) is 17.2. The number of fused-ring (bicyclic) bond motifs is 1. The summed E-state index contributed by atoms with van der Waals surface area (Å²) in [6.07, 6.45) is 5.18. The molecule has 1 fully saturated rings. The van der Waals surface area contributed by atoms with Gasteiger partial charge < -0.3 is 10.0 Å². The van der Waals surface area contributed by atoms with Gasteiger partial charge in [0.15, 0.2) is 0 Å². The molecule has 3 aromatic rings. The molecule has 1 aliphatic heterocycles. The molecule has 1 amide bonds. The van der Waals surface area contributed by atoms with Crippen molar-refractivity contribution in [2.45, 2.75) is 25.3 Å². The summed E-state index contributed by atoms with van der Waals surface area (Å²) in [4.78, 5) is 30.2. The number of rotatable bonds is 4. The van der Waals surface area contributed by atoms with Crippen molar-refractivity contribution in [3.63, 3.8) is 0 Å². The molecule has 1 N–H and O–H groups in total. The summed E-state index contributed by atoms with van der Waals surface area (Å²) in [5.41, 5.74) is 2.32. The first kappa shape index (κ1) is 17.2. The number of hydrogen-bond acceptors (Lipinski definition) is 4. The van der Waals surface area contributed by atoms with Crippen LogP contribution in [0.1, 0.15) is 34.8 Å². The van der Waals surface area contributed by atoms with E-state index in [1.165, 1.54) is 4.68 Å². The molecule has 0 bridgehead atoms. The second kappa shape index (κ2) is 7.19. The number of amides is 1. The summed E-state index contributed by atoms with van der Waals surface area (Å²) >= 11 is 0. The van der Waals surface area contributed by atoms with E-state index in [1.807, 2.05) is 35.2 Å². The Balaban J connectivity index is 1.55. The predicted molar refractivity (Wildman–Crippen MR) is 99.5 cm³/mol. The highest BCUT2D eigenvalue weighted by molar-refractivity contribution is 6.06. The predicted octanol–water partition coefficient (Wildman–Crippen LogP) is 2.54. The summed E-state index contributed by atoms with van der Waals surface area (Å²) < 4.78 is 1.43. The van der Waals surface area contributed by atoms with Gasteiger partial charge in [-0.05, 0) is 31.0 Å². The first-order valence-corrected chi connectivity index (χ1v) is 9.00. The van der Waals surface area contributed by atoms with E-state index in [0.717, 1.165) is 29.4 Å². The quantitative estimate of drug-likeness (QED) is 0.768. The van der Waals surface area contributed by atoms with Gasteiger partial charge in [0.05, 0.1) is 16.8 Å². The number of aliphatic carboxylic acids is 1. The molecule has 27 heavy (non-hydrogen) atoms. The minimum atomic E-state index is -0.922. The SMILES string of the molecule is O=C(O)Cn1ccc(C2CCCN(C(=O)c3ccnc4ccccc34)C2)n1. The molecule has 0 saturated carbocycles. The highest BCUT2D eigenvalue weighted by Gasteiger charge is 2.27. The van der Waals surface area contributed by atoms with Crippen molar-refractivity contribution in [3.05, 3.63) is 60.0 Å². The van der Waals surface area contributed by atoms with Crippen LogP contribution in [-0.4, -0.2) is 49.7 Å². The minimum Gasteiger partial charge on any atom is -0.480 e. The molecule has 7 nitrogen and oxygen atoms in total. The van der Waals surface area contributed by atoms with Crippen LogP contribution < -0.4 is 0 Å². The number of piperidine rings is 1. The van der Waals surface area contributed by atoms with Crippen molar-refractivity contribution in [1.82, 2.24) is 19.7 Å². The fourth-order valence-corrected chi connectivity index (χ4v) is 3.68. The molecule has 7 heteroatoms. The fraction of sp³-hybridized carbons (Fsp3) is 0.300. The topological polar surface area (TPSA) is 88.3 Å². The number of nitrogens with zero attached hydrogens (tertiary/aromatic N) is 4. The standard InChI is InChI=1S/C20H20N4O3/c25-19(26)13-24-11-8-17(22-24)14-4-3-10-23(12-14)20(27)16-7-9-21-18-6-2-1-5-15(16)18/h1-2,5-9,11,14H,3-4,10,12-13H2,(H,25,26). The number of benzene rings is 1. The van der Waals surface area contributed by atoms with E-state index in [1.54, 1.807) is 18.5 Å². The van der Waals surface area contributed by atoms with Gasteiger partial charge in [-0.25, -0.2) is 0 Å². The second-order valence-electron chi connectivity index (χ2n) is 6.80. The van der Waals surface area contributed by atoms with Crippen LogP contribution in [0.15, 0.2) is 48.8 Å². The Morgan fingerprint density at radius 3 is 2.89 bits per heavy atom. The van der Waals surface area contributed by atoms with Crippen LogP contribution in [0.2, 0.25) is 0 Å². The van der Waals surface area contributed by atoms with E-state index in [9.17, 15) is 9.59 Å². The van der Waals surface area contributed by atoms with Gasteiger partial charge in [0.1, 0.15) is 6.54 Å². The smallest absolute Gasteiger partial charge is 0.325 e. The largest absolute Gasteiger partial charge is 0.480 e. The molecule has 0 aliphatic carbocycles. The Labute approximate surface area is 156 Å². The summed E-state index contributed by atoms with van der Waals surface area (Å²) in [6.45, 7) is 1.14. The van der Waals surface area contributed by atoms with Gasteiger partial charge in [-0.15, -0.1) is 0 Å². The molecule has 1 atom stereocenters. The Bertz CT molecular complexity index is 992. The Morgan fingerprint density at radius 2 is 2.04 bits per heavy atom. The van der Waals surface area contributed by atoms with E-state index >= 15 is 0 Å². The fourth-order valence-electron chi connectivity index (χ4n) is 3.68. The highest BCUT2D eigenvalue weighted by atomic mass is 16.4. The average molecular weight is 364 g/mol. The van der Waals surface area contributed by atoms with Crippen LogP contribution in [0.5, 0.6) is 0 Å². The van der Waals surface area contributed by atoms with Crippen molar-refractivity contribution in [2.75, 3.05) is 13.1 Å². The van der Waals surface area contributed by atoms with Gasteiger partial charge in [-0.3, -0.25) is 19.3 Å². The highest BCUT2D eigenvalue weighted by Crippen LogP contribution is 2.27. The van der Waals surface area contributed by atoms with Crippen LogP contribution in [0.25, 0.3) is 10.9 Å². The third kappa shape index (κ3) is 3.53. The Hall–Kier alpha value is -3.22. The minimum absolute atomic E-state index is 0.00303. The summed E-state index contributed by atoms with van der Waals surface area (Å²) in [7, 11) is 0. The summed E-state index contributed by atoms with van der Waals surface area (Å²) in [6, 6.07) is 11.3. The van der Waals surface area contributed by atoms with Gasteiger partial charge in [0.2, 0.25) is 0 Å². The zero-order valence-corrected chi connectivity index (χ0v) is 14.8. The lowest BCUT2D eigenvalue weighted by atomic mass is 9.94. The molecule has 1 aliphatic rings. The third-order valence-electron chi connectivity index (χ3n) is 4.96. The molecule has 1 aromatic carbocycles. The Kier molecular flexibility index (Phi) is 4.58. The van der Waals surface area contributed by atoms with E-state index in [2.05, 4.69) is 10.1 Å². The van der Waals surface area contributed by atoms with Gasteiger partial charge in [0, 0.05) is 36.8 Å². The molecule has 138 valence electrons. The first-order valence-electron chi connectivity index (χ1n) is 9.00. The molecule has 3 heterocycles. The average Bonchev–Trinajstić information content (AvgIpc) is 3.15. The molecule has 1 saturated heterocycles. The summed E-state index contributed by atoms with van der Waals surface area (Å²) in [5, 5.41) is 14.1. The van der Waals surface area contributed by atoms with E-state index in [-0.39, 0.29) is 18.4 Å². The number of aromatic nitrogens is 3. The third-order valence-corrected chi connectivity index (χ3v) is 4.96. The molecule has 1 unspecified atom stereocenters. The Morgan fingerprint density at radius 1 is 1.19 bits per heavy atom. The van der Waals surface area contributed by atoms with Crippen LogP contribution in [-0.2, 0) is 11.3 Å². The van der Waals surface area contributed by atoms with Crippen molar-refractivity contribution >= 4 is 22.8 Å². The molecule has 2 aromatic heterocycles. The van der Waals surface area contributed by atoms with Crippen LogP contribution >= 0.6 is 0 Å². The molecular weight excluding hydrogens is 344 g/mol. The van der Waals surface area contributed by atoms with E-state index < -0.39 is 5.97 Å². The lowest BCUT2D eigenvalue weighted by Gasteiger charge is -2.32. The molecule has 0 radical (unpaired) electrons. The van der Waals surface area contributed by atoms with Gasteiger partial charge in [0.25, 0.3) is 5.91 Å². The second-order valence-corrected chi connectivity index (χ2v) is 6.80. The lowest BCUT2D eigenvalue weighted by molar-refractivity contribution is -0.137. The van der Waals surface area contributed by atoms with E-state index in [0.29, 0.717) is 18.7 Å². The van der Waals surface area contributed by atoms with Gasteiger partial charge in [-0.1, -0.05) is 18.2 Å². The molecule has 0 spiro atoms. The number of pyridine rings is 1. The summed E-state index contributed by atoms with van der Waals surface area (Å²) in [5.74, 6) is -0.802. The first-order chi connectivity index (χ1) is 13.1. The van der Waals surface area contributed by atoms with E-state index in [4.69, 9.17) is 5.11 Å². The maximum absolute atomic E-state index is 13.1. The number of hydrogen-bond donors (Lipinski definition) is 1. The van der Waals surface area contributed by atoms with Crippen molar-refractivity contribution in [2.24, 2.45) is 0 Å². The maximum Gasteiger partial charge on any atom is 0.325 e. The number of para-hydroxylation sites is 1. The van der Waals surface area contributed by atoms with Crippen molar-refractivity contribution < 1.29 is 14.7 Å². The number of likely N-dealkylation sites (tertiary alicyclic amines) is 1. The number of carboxylic acids is 1. The zero-order chi connectivity index (χ0) is 18.8. The maximum atomic E-state index is 13.1. The number of carboxylic acid groups (broad SMARTS) is 1. The lowest BCUT2D eigenvalue weighted by Crippen LogP contribution is -2.39. The van der Waals surface area contributed by atoms with Crippen LogP contribution in [0, 0.1) is 0 Å².